The molecule has 22 heavy (non-hydrogen) atoms. The lowest BCUT2D eigenvalue weighted by atomic mass is 10.2. The van der Waals surface area contributed by atoms with E-state index in [2.05, 4.69) is 18.7 Å². The lowest BCUT2D eigenvalue weighted by molar-refractivity contribution is -0.133. The average molecular weight is 323 g/mol. The quantitative estimate of drug-likeness (QED) is 0.801. The number of carbonyl (C=O) groups is 2. The van der Waals surface area contributed by atoms with Crippen LogP contribution in [-0.2, 0) is 4.79 Å². The summed E-state index contributed by atoms with van der Waals surface area (Å²) < 4.78 is 0. The van der Waals surface area contributed by atoms with Crippen molar-refractivity contribution in [2.24, 2.45) is 0 Å². The van der Waals surface area contributed by atoms with Crippen LogP contribution in [0.1, 0.15) is 29.9 Å². The maximum absolute atomic E-state index is 12.3. The molecule has 0 spiro atoms. The van der Waals surface area contributed by atoms with Gasteiger partial charge in [0.05, 0.1) is 4.88 Å². The van der Waals surface area contributed by atoms with E-state index in [9.17, 15) is 9.59 Å². The summed E-state index contributed by atoms with van der Waals surface area (Å²) in [5.41, 5.74) is 0. The van der Waals surface area contributed by atoms with Gasteiger partial charge in [0.15, 0.2) is 0 Å². The van der Waals surface area contributed by atoms with Gasteiger partial charge >= 0.3 is 0 Å². The Morgan fingerprint density at radius 1 is 1.14 bits per heavy atom. The molecule has 0 aliphatic carbocycles. The van der Waals surface area contributed by atoms with Gasteiger partial charge in [-0.2, -0.15) is 0 Å². The minimum absolute atomic E-state index is 0.0882. The SMILES string of the molecule is CCN(CC)CCC(=O)N1CCN(C(=O)c2cccs2)CC1. The van der Waals surface area contributed by atoms with E-state index in [1.165, 1.54) is 11.3 Å². The Morgan fingerprint density at radius 3 is 2.32 bits per heavy atom. The van der Waals surface area contributed by atoms with E-state index in [4.69, 9.17) is 0 Å². The van der Waals surface area contributed by atoms with E-state index < -0.39 is 0 Å². The normalized spacial score (nSPS) is 15.4. The number of rotatable bonds is 6. The topological polar surface area (TPSA) is 43.9 Å². The number of nitrogens with zero attached hydrogens (tertiary/aromatic N) is 3. The molecule has 1 aliphatic heterocycles. The van der Waals surface area contributed by atoms with Gasteiger partial charge in [0.2, 0.25) is 5.91 Å². The molecule has 6 heteroatoms. The Kier molecular flexibility index (Phi) is 6.39. The third-order valence-electron chi connectivity index (χ3n) is 4.19. The van der Waals surface area contributed by atoms with Gasteiger partial charge in [-0.15, -0.1) is 11.3 Å². The fourth-order valence-electron chi connectivity index (χ4n) is 2.67. The van der Waals surface area contributed by atoms with Crippen molar-refractivity contribution in [3.63, 3.8) is 0 Å². The molecule has 1 fully saturated rings. The molecule has 1 aromatic heterocycles. The molecule has 0 saturated carbocycles. The van der Waals surface area contributed by atoms with Crippen LogP contribution in [-0.4, -0.2) is 72.3 Å². The lowest BCUT2D eigenvalue weighted by Gasteiger charge is -2.35. The van der Waals surface area contributed by atoms with Crippen molar-refractivity contribution in [1.29, 1.82) is 0 Å². The average Bonchev–Trinajstić information content (AvgIpc) is 3.09. The van der Waals surface area contributed by atoms with Crippen molar-refractivity contribution in [2.45, 2.75) is 20.3 Å². The Labute approximate surface area is 136 Å². The van der Waals surface area contributed by atoms with E-state index in [1.54, 1.807) is 0 Å². The Balaban J connectivity index is 1.77. The second-order valence-corrected chi connectivity index (χ2v) is 6.37. The van der Waals surface area contributed by atoms with Crippen molar-refractivity contribution in [1.82, 2.24) is 14.7 Å². The zero-order valence-electron chi connectivity index (χ0n) is 13.5. The summed E-state index contributed by atoms with van der Waals surface area (Å²) in [6.07, 6.45) is 0.570. The summed E-state index contributed by atoms with van der Waals surface area (Å²) in [4.78, 5) is 31.3. The van der Waals surface area contributed by atoms with Gasteiger partial charge in [-0.05, 0) is 24.5 Å². The van der Waals surface area contributed by atoms with E-state index in [0.29, 0.717) is 32.6 Å². The first-order chi connectivity index (χ1) is 10.7. The second-order valence-electron chi connectivity index (χ2n) is 5.43. The van der Waals surface area contributed by atoms with Gasteiger partial charge in [0.25, 0.3) is 5.91 Å². The van der Waals surface area contributed by atoms with Gasteiger partial charge in [0.1, 0.15) is 0 Å². The van der Waals surface area contributed by atoms with Crippen LogP contribution in [0.2, 0.25) is 0 Å². The van der Waals surface area contributed by atoms with Crippen molar-refractivity contribution in [3.05, 3.63) is 22.4 Å². The van der Waals surface area contributed by atoms with E-state index in [-0.39, 0.29) is 11.8 Å². The molecular weight excluding hydrogens is 298 g/mol. The Hall–Kier alpha value is -1.40. The lowest BCUT2D eigenvalue weighted by Crippen LogP contribution is -2.50. The fraction of sp³-hybridized carbons (Fsp3) is 0.625. The largest absolute Gasteiger partial charge is 0.339 e. The fourth-order valence-corrected chi connectivity index (χ4v) is 3.36. The van der Waals surface area contributed by atoms with Crippen LogP contribution in [0.4, 0.5) is 0 Å². The minimum atomic E-state index is 0.0882. The van der Waals surface area contributed by atoms with Crippen LogP contribution in [0.3, 0.4) is 0 Å². The first-order valence-electron chi connectivity index (χ1n) is 7.98. The number of piperazine rings is 1. The molecule has 1 aromatic rings. The van der Waals surface area contributed by atoms with E-state index >= 15 is 0 Å². The number of thiophene rings is 1. The summed E-state index contributed by atoms with van der Waals surface area (Å²) >= 11 is 1.47. The smallest absolute Gasteiger partial charge is 0.264 e. The monoisotopic (exact) mass is 323 g/mol. The molecule has 1 aliphatic rings. The molecular formula is C16H25N3O2S. The third kappa shape index (κ3) is 4.30. The van der Waals surface area contributed by atoms with Crippen LogP contribution < -0.4 is 0 Å². The highest BCUT2D eigenvalue weighted by Crippen LogP contribution is 2.14. The highest BCUT2D eigenvalue weighted by Gasteiger charge is 2.25. The molecule has 0 atom stereocenters. The molecule has 0 bridgehead atoms. The van der Waals surface area contributed by atoms with Crippen LogP contribution in [0, 0.1) is 0 Å². The van der Waals surface area contributed by atoms with Gasteiger partial charge in [-0.1, -0.05) is 19.9 Å². The molecule has 122 valence electrons. The molecule has 2 heterocycles. The Morgan fingerprint density at radius 2 is 1.77 bits per heavy atom. The molecule has 1 saturated heterocycles. The predicted molar refractivity (Wildman–Crippen MR) is 89.2 cm³/mol. The first-order valence-corrected chi connectivity index (χ1v) is 8.86. The standard InChI is InChI=1S/C16H25N3O2S/c1-3-17(4-2)8-7-15(20)18-9-11-19(12-10-18)16(21)14-6-5-13-22-14/h5-6,13H,3-4,7-12H2,1-2H3. The first kappa shape index (κ1) is 17.0. The zero-order valence-corrected chi connectivity index (χ0v) is 14.3. The highest BCUT2D eigenvalue weighted by atomic mass is 32.1. The summed E-state index contributed by atoms with van der Waals surface area (Å²) in [5.74, 6) is 0.292. The van der Waals surface area contributed by atoms with E-state index in [0.717, 1.165) is 24.5 Å². The minimum Gasteiger partial charge on any atom is -0.339 e. The zero-order chi connectivity index (χ0) is 15.9. The summed E-state index contributed by atoms with van der Waals surface area (Å²) in [6, 6.07) is 3.75. The van der Waals surface area contributed by atoms with Crippen molar-refractivity contribution < 1.29 is 9.59 Å². The summed E-state index contributed by atoms with van der Waals surface area (Å²) in [6.45, 7) is 9.57. The molecule has 0 radical (unpaired) electrons. The number of carbonyl (C=O) groups excluding carboxylic acids is 2. The van der Waals surface area contributed by atoms with E-state index in [1.807, 2.05) is 27.3 Å². The van der Waals surface area contributed by atoms with Crippen molar-refractivity contribution >= 4 is 23.2 Å². The second kappa shape index (κ2) is 8.29. The number of hydrogen-bond acceptors (Lipinski definition) is 4. The van der Waals surface area contributed by atoms with Crippen LogP contribution in [0.15, 0.2) is 17.5 Å². The molecule has 0 unspecified atom stereocenters. The summed E-state index contributed by atoms with van der Waals surface area (Å²) in [5, 5.41) is 1.92. The van der Waals surface area contributed by atoms with Gasteiger partial charge < -0.3 is 14.7 Å². The van der Waals surface area contributed by atoms with Crippen LogP contribution in [0.25, 0.3) is 0 Å². The number of amides is 2. The highest BCUT2D eigenvalue weighted by molar-refractivity contribution is 7.12. The predicted octanol–water partition coefficient (Wildman–Crippen LogP) is 1.76. The van der Waals surface area contributed by atoms with Crippen molar-refractivity contribution in [3.8, 4) is 0 Å². The van der Waals surface area contributed by atoms with Crippen molar-refractivity contribution in [2.75, 3.05) is 45.8 Å². The molecule has 5 nitrogen and oxygen atoms in total. The van der Waals surface area contributed by atoms with Gasteiger partial charge in [0, 0.05) is 39.1 Å². The Bertz CT molecular complexity index is 478. The molecule has 0 N–H and O–H groups in total. The van der Waals surface area contributed by atoms with Crippen LogP contribution in [0.5, 0.6) is 0 Å². The molecule has 2 amide bonds. The number of hydrogen-bond donors (Lipinski definition) is 0. The maximum atomic E-state index is 12.3. The molecule has 2 rings (SSSR count). The third-order valence-corrected chi connectivity index (χ3v) is 5.05. The van der Waals surface area contributed by atoms with Gasteiger partial charge in [-0.25, -0.2) is 0 Å². The maximum Gasteiger partial charge on any atom is 0.264 e. The molecule has 0 aromatic carbocycles. The van der Waals surface area contributed by atoms with Gasteiger partial charge in [-0.3, -0.25) is 9.59 Å². The summed E-state index contributed by atoms with van der Waals surface area (Å²) in [7, 11) is 0. The van der Waals surface area contributed by atoms with Crippen LogP contribution >= 0.6 is 11.3 Å².